The molecular formula is C16H22F3NO8S. The van der Waals surface area contributed by atoms with Crippen LogP contribution in [-0.2, 0) is 33.3 Å². The highest BCUT2D eigenvalue weighted by Gasteiger charge is 2.50. The maximum atomic E-state index is 12.8. The van der Waals surface area contributed by atoms with Crippen LogP contribution in [0.5, 0.6) is 0 Å². The van der Waals surface area contributed by atoms with Crippen LogP contribution in [0.4, 0.5) is 18.0 Å². The first kappa shape index (κ1) is 24.8. The number of ether oxygens (including phenoxy) is 3. The number of carbonyl (C=O) groups excluding carboxylic acids is 2. The van der Waals surface area contributed by atoms with Crippen molar-refractivity contribution in [1.82, 2.24) is 4.90 Å². The van der Waals surface area contributed by atoms with Gasteiger partial charge >= 0.3 is 21.7 Å². The molecule has 1 atom stereocenters. The molecule has 0 fully saturated rings. The highest BCUT2D eigenvalue weighted by atomic mass is 32.2. The Labute approximate surface area is 166 Å². The second-order valence-electron chi connectivity index (χ2n) is 6.97. The van der Waals surface area contributed by atoms with Gasteiger partial charge in [-0.1, -0.05) is 0 Å². The summed E-state index contributed by atoms with van der Waals surface area (Å²) >= 11 is 0. The van der Waals surface area contributed by atoms with Gasteiger partial charge in [-0.3, -0.25) is 0 Å². The summed E-state index contributed by atoms with van der Waals surface area (Å²) in [6.07, 6.45) is -0.838. The molecular weight excluding hydrogens is 423 g/mol. The third-order valence-corrected chi connectivity index (χ3v) is 4.50. The molecule has 1 unspecified atom stereocenters. The smallest absolute Gasteiger partial charge is 0.486 e. The van der Waals surface area contributed by atoms with Crippen molar-refractivity contribution < 1.29 is 49.6 Å². The number of alkyl halides is 3. The minimum Gasteiger partial charge on any atom is -0.486 e. The number of carbonyl (C=O) groups is 1. The van der Waals surface area contributed by atoms with Gasteiger partial charge in [-0.05, 0) is 20.8 Å². The molecule has 1 heterocycles. The van der Waals surface area contributed by atoms with Gasteiger partial charge in [0.1, 0.15) is 11.4 Å². The molecule has 0 radical (unpaired) electrons. The molecule has 13 heteroatoms. The fraction of sp³-hybridized carbons (Fsp3) is 0.688. The minimum atomic E-state index is -6.04. The van der Waals surface area contributed by atoms with Gasteiger partial charge in [-0.15, -0.1) is 0 Å². The number of halogens is 3. The van der Waals surface area contributed by atoms with Gasteiger partial charge in [-0.25, -0.2) is 9.59 Å². The molecule has 0 saturated carbocycles. The largest absolute Gasteiger partial charge is 0.534 e. The Kier molecular flexibility index (Phi) is 7.74. The van der Waals surface area contributed by atoms with Gasteiger partial charge in [0.2, 0.25) is 5.76 Å². The minimum absolute atomic E-state index is 0.287. The van der Waals surface area contributed by atoms with E-state index in [1.165, 1.54) is 13.1 Å². The summed E-state index contributed by atoms with van der Waals surface area (Å²) in [5, 5.41) is 0. The second-order valence-corrected chi connectivity index (χ2v) is 8.51. The molecule has 0 bridgehead atoms. The fourth-order valence-corrected chi connectivity index (χ4v) is 2.99. The molecule has 1 amide bonds. The lowest BCUT2D eigenvalue weighted by Gasteiger charge is -2.36. The summed E-state index contributed by atoms with van der Waals surface area (Å²) in [7, 11) is -3.80. The van der Waals surface area contributed by atoms with Crippen LogP contribution in [0, 0.1) is 5.92 Å². The van der Waals surface area contributed by atoms with E-state index < -0.39 is 56.9 Å². The molecule has 0 saturated heterocycles. The van der Waals surface area contributed by atoms with Crippen molar-refractivity contribution in [3.63, 3.8) is 0 Å². The Bertz CT molecular complexity index is 807. The van der Waals surface area contributed by atoms with Crippen LogP contribution in [0.2, 0.25) is 0 Å². The summed E-state index contributed by atoms with van der Waals surface area (Å²) in [5.41, 5.74) is -6.98. The number of hydrogen-bond acceptors (Lipinski definition) is 8. The van der Waals surface area contributed by atoms with E-state index in [-0.39, 0.29) is 13.2 Å². The van der Waals surface area contributed by atoms with E-state index in [4.69, 9.17) is 14.2 Å². The van der Waals surface area contributed by atoms with Gasteiger partial charge in [0.15, 0.2) is 5.94 Å². The number of rotatable bonds is 6. The molecule has 0 aliphatic carbocycles. The van der Waals surface area contributed by atoms with E-state index in [1.54, 1.807) is 20.8 Å². The molecule has 166 valence electrons. The molecule has 29 heavy (non-hydrogen) atoms. The first-order valence-electron chi connectivity index (χ1n) is 8.17. The first-order valence-corrected chi connectivity index (χ1v) is 9.57. The number of nitrogens with zero attached hydrogens (tertiary/aromatic N) is 1. The quantitative estimate of drug-likeness (QED) is 0.264. The standard InChI is InChI=1S/C16H22F3NO8S/c1-15(2,3)27-14(22)20-6-10(9-25-4)13(11(7-20)12(8-21)26-5)28-29(23,24)16(17,18)19/h10H,6-7,9H2,1-5H3. The van der Waals surface area contributed by atoms with Crippen molar-refractivity contribution in [1.29, 1.82) is 0 Å². The highest BCUT2D eigenvalue weighted by Crippen LogP contribution is 2.35. The normalized spacial score (nSPS) is 18.2. The van der Waals surface area contributed by atoms with E-state index in [0.29, 0.717) is 0 Å². The molecule has 0 aromatic rings. The Morgan fingerprint density at radius 3 is 2.24 bits per heavy atom. The molecule has 0 aromatic carbocycles. The predicted molar refractivity (Wildman–Crippen MR) is 92.5 cm³/mol. The van der Waals surface area contributed by atoms with Crippen LogP contribution in [0.25, 0.3) is 0 Å². The van der Waals surface area contributed by atoms with E-state index in [2.05, 4.69) is 4.18 Å². The maximum Gasteiger partial charge on any atom is 0.534 e. The van der Waals surface area contributed by atoms with Crippen LogP contribution < -0.4 is 0 Å². The lowest BCUT2D eigenvalue weighted by Crippen LogP contribution is -2.46. The SMILES string of the molecule is COCC1CN(C(=O)OC(C)(C)C)CC(C(=C=O)OC)=C1OS(=O)(=O)C(F)(F)F. The Hall–Kier alpha value is -2.24. The zero-order valence-corrected chi connectivity index (χ0v) is 17.3. The van der Waals surface area contributed by atoms with Gasteiger partial charge in [-0.2, -0.15) is 21.6 Å². The van der Waals surface area contributed by atoms with Crippen LogP contribution in [0.15, 0.2) is 17.1 Å². The molecule has 1 aliphatic rings. The van der Waals surface area contributed by atoms with Crippen molar-refractivity contribution in [2.75, 3.05) is 33.9 Å². The lowest BCUT2D eigenvalue weighted by molar-refractivity contribution is -0.0536. The summed E-state index contributed by atoms with van der Waals surface area (Å²) in [6, 6.07) is 0. The number of methoxy groups -OCH3 is 2. The van der Waals surface area contributed by atoms with Crippen molar-refractivity contribution in [3.05, 3.63) is 17.1 Å². The van der Waals surface area contributed by atoms with Crippen LogP contribution in [-0.4, -0.2) is 70.4 Å². The average molecular weight is 445 g/mol. The van der Waals surface area contributed by atoms with Crippen molar-refractivity contribution in [2.24, 2.45) is 5.92 Å². The maximum absolute atomic E-state index is 12.8. The van der Waals surface area contributed by atoms with Crippen LogP contribution in [0.1, 0.15) is 20.8 Å². The predicted octanol–water partition coefficient (Wildman–Crippen LogP) is 1.98. The summed E-state index contributed by atoms with van der Waals surface area (Å²) in [5.74, 6) is -1.14. The topological polar surface area (TPSA) is 108 Å². The van der Waals surface area contributed by atoms with Gasteiger partial charge in [0.05, 0.1) is 31.8 Å². The first-order chi connectivity index (χ1) is 13.2. The molecule has 0 N–H and O–H groups in total. The van der Waals surface area contributed by atoms with Crippen LogP contribution in [0.3, 0.4) is 0 Å². The summed E-state index contributed by atoms with van der Waals surface area (Å²) < 4.78 is 80.8. The zero-order chi connectivity index (χ0) is 22.6. The average Bonchev–Trinajstić information content (AvgIpc) is 2.55. The molecule has 0 spiro atoms. The van der Waals surface area contributed by atoms with E-state index in [0.717, 1.165) is 12.0 Å². The van der Waals surface area contributed by atoms with E-state index >= 15 is 0 Å². The van der Waals surface area contributed by atoms with Crippen molar-refractivity contribution in [2.45, 2.75) is 31.9 Å². The fourth-order valence-electron chi connectivity index (χ4n) is 2.42. The highest BCUT2D eigenvalue weighted by molar-refractivity contribution is 7.87. The molecule has 9 nitrogen and oxygen atoms in total. The Balaban J connectivity index is 3.51. The zero-order valence-electron chi connectivity index (χ0n) is 16.5. The van der Waals surface area contributed by atoms with Gasteiger partial charge < -0.3 is 23.3 Å². The Morgan fingerprint density at radius 1 is 1.24 bits per heavy atom. The van der Waals surface area contributed by atoms with Crippen molar-refractivity contribution in [3.8, 4) is 0 Å². The monoisotopic (exact) mass is 445 g/mol. The molecule has 0 aromatic heterocycles. The Morgan fingerprint density at radius 2 is 1.83 bits per heavy atom. The van der Waals surface area contributed by atoms with E-state index in [1.807, 2.05) is 0 Å². The third-order valence-electron chi connectivity index (χ3n) is 3.53. The number of hydrogen-bond donors (Lipinski definition) is 0. The number of amides is 1. The van der Waals surface area contributed by atoms with Gasteiger partial charge in [0, 0.05) is 13.7 Å². The van der Waals surface area contributed by atoms with Gasteiger partial charge in [0.25, 0.3) is 0 Å². The summed E-state index contributed by atoms with van der Waals surface area (Å²) in [6.45, 7) is 3.71. The summed E-state index contributed by atoms with van der Waals surface area (Å²) in [4.78, 5) is 24.7. The van der Waals surface area contributed by atoms with Crippen LogP contribution >= 0.6 is 0 Å². The van der Waals surface area contributed by atoms with Crippen molar-refractivity contribution >= 4 is 22.2 Å². The third kappa shape index (κ3) is 6.38. The second kappa shape index (κ2) is 9.06. The molecule has 1 aliphatic heterocycles. The lowest BCUT2D eigenvalue weighted by atomic mass is 9.97. The molecule has 1 rings (SSSR count). The van der Waals surface area contributed by atoms with E-state index in [9.17, 15) is 31.2 Å².